The molecule has 1 aliphatic carbocycles. The van der Waals surface area contributed by atoms with Gasteiger partial charge in [0.25, 0.3) is 42.2 Å². The lowest BCUT2D eigenvalue weighted by Crippen LogP contribution is -2.43. The largest absolute Gasteiger partial charge is 0.748 e. The molecule has 1 unspecified atom stereocenters. The van der Waals surface area contributed by atoms with Crippen LogP contribution in [0.25, 0.3) is 10.9 Å². The number of para-hydroxylation sites is 1. The number of hydrogen-bond acceptors (Lipinski definition) is 19. The Balaban J connectivity index is 0.834. The number of nitrogens with zero attached hydrogens (tertiary/aromatic N) is 5. The molecule has 27 nitrogen and oxygen atoms in total. The summed E-state index contributed by atoms with van der Waals surface area (Å²) < 4.78 is 181. The second-order valence-electron chi connectivity index (χ2n) is 26.5. The Kier molecular flexibility index (Phi) is 24.3. The number of aliphatic hydroxyl groups is 1. The van der Waals surface area contributed by atoms with Crippen molar-refractivity contribution in [3.8, 4) is 17.6 Å². The Morgan fingerprint density at radius 2 is 1.48 bits per heavy atom. The highest BCUT2D eigenvalue weighted by molar-refractivity contribution is 7.86. The van der Waals surface area contributed by atoms with Crippen LogP contribution in [0, 0.1) is 11.3 Å². The van der Waals surface area contributed by atoms with Gasteiger partial charge in [-0.05, 0) is 161 Å². The summed E-state index contributed by atoms with van der Waals surface area (Å²) in [6.07, 6.45) is 10.2. The molecular weight excluding hydrogens is 1420 g/mol. The number of nitrogens with one attached hydrogen (secondary N) is 3. The van der Waals surface area contributed by atoms with Gasteiger partial charge in [-0.15, -0.1) is 0 Å². The number of fused-ring (bicyclic) bond motifs is 3. The molecule has 4 amide bonds. The minimum Gasteiger partial charge on any atom is -0.748 e. The molecule has 0 bridgehead atoms. The second-order valence-corrected chi connectivity index (χ2v) is 32.3. The summed E-state index contributed by atoms with van der Waals surface area (Å²) in [5.74, 6) is -5.27. The van der Waals surface area contributed by atoms with E-state index < -0.39 is 112 Å². The van der Waals surface area contributed by atoms with Crippen LogP contribution in [0.4, 0.5) is 20.2 Å². The maximum Gasteiger partial charge on any atom is 0.294 e. The molecule has 3 aliphatic heterocycles. The zero-order valence-electron chi connectivity index (χ0n) is 56.8. The number of anilines is 1. The fraction of sp³-hybridized carbons (Fsp3) is 0.414. The third-order valence-corrected chi connectivity index (χ3v) is 21.7. The molecule has 2 atom stereocenters. The molecule has 103 heavy (non-hydrogen) atoms. The molecule has 5 aromatic rings. The molecule has 4 heterocycles. The van der Waals surface area contributed by atoms with Crippen LogP contribution in [0.1, 0.15) is 126 Å². The SMILES string of the molecule is CC1(C)C(/C=C/C2=C(Oc3ccc(S(=O)(=O)O)cc3)C(=C/C=C3/N(CCCCS(=O)(=O)[O-])c4ccc(S(=O)(=O)O)cc4C3(C)C)/CCC2)=[N+](CCCCCC(=O)NCC(O)CC(=O)NCCCOc2cccc3c(C(=O)NCC(=O)N4CC(F)(F)C[C@H]4C#N)ccnc23)c2ccc(S(=O)(=O)O)cc21. The number of likely N-dealkylation sites (tertiary alicyclic amines) is 1. The number of carbonyl (C=O) groups is 4. The van der Waals surface area contributed by atoms with E-state index in [0.29, 0.717) is 113 Å². The summed E-state index contributed by atoms with van der Waals surface area (Å²) in [6.45, 7) is 6.64. The van der Waals surface area contributed by atoms with Crippen LogP contribution >= 0.6 is 0 Å². The van der Waals surface area contributed by atoms with Gasteiger partial charge in [0.1, 0.15) is 35.4 Å². The van der Waals surface area contributed by atoms with E-state index in [4.69, 9.17) is 9.47 Å². The average Bonchev–Trinajstić information content (AvgIpc) is 1.59. The number of benzene rings is 4. The lowest BCUT2D eigenvalue weighted by atomic mass is 9.81. The van der Waals surface area contributed by atoms with Gasteiger partial charge in [0.05, 0.1) is 74.1 Å². The lowest BCUT2D eigenvalue weighted by Gasteiger charge is -2.27. The predicted octanol–water partition coefficient (Wildman–Crippen LogP) is 7.86. The molecule has 4 aliphatic rings. The summed E-state index contributed by atoms with van der Waals surface area (Å²) in [5, 5.41) is 28.1. The molecule has 4 aromatic carbocycles. The molecule has 0 spiro atoms. The van der Waals surface area contributed by atoms with Gasteiger partial charge in [-0.2, -0.15) is 35.1 Å². The minimum absolute atomic E-state index is 0.0411. The summed E-state index contributed by atoms with van der Waals surface area (Å²) in [7, 11) is -18.4. The van der Waals surface area contributed by atoms with Gasteiger partial charge in [-0.25, -0.2) is 17.2 Å². The number of halogens is 2. The highest BCUT2D eigenvalue weighted by atomic mass is 32.2. The Labute approximate surface area is 596 Å². The van der Waals surface area contributed by atoms with Gasteiger partial charge in [0.15, 0.2) is 5.71 Å². The van der Waals surface area contributed by atoms with Crippen molar-refractivity contribution in [2.24, 2.45) is 0 Å². The molecule has 1 aromatic heterocycles. The topological polar surface area (TPSA) is 410 Å². The van der Waals surface area contributed by atoms with Crippen molar-refractivity contribution in [3.05, 3.63) is 155 Å². The van der Waals surface area contributed by atoms with Crippen molar-refractivity contribution in [2.45, 2.75) is 148 Å². The molecule has 552 valence electrons. The van der Waals surface area contributed by atoms with Crippen molar-refractivity contribution in [1.29, 1.82) is 5.26 Å². The molecule has 0 saturated carbocycles. The van der Waals surface area contributed by atoms with E-state index in [1.807, 2.05) is 61.5 Å². The van der Waals surface area contributed by atoms with E-state index in [1.54, 1.807) is 36.4 Å². The van der Waals surface area contributed by atoms with Crippen LogP contribution in [0.2, 0.25) is 0 Å². The van der Waals surface area contributed by atoms with E-state index in [0.717, 1.165) is 10.6 Å². The number of amides is 4. The number of allylic oxidation sites excluding steroid dienone is 7. The lowest BCUT2D eigenvalue weighted by molar-refractivity contribution is -0.438. The zero-order chi connectivity index (χ0) is 75.0. The van der Waals surface area contributed by atoms with Crippen molar-refractivity contribution in [1.82, 2.24) is 25.8 Å². The fourth-order valence-corrected chi connectivity index (χ4v) is 15.1. The Hall–Kier alpha value is -8.85. The van der Waals surface area contributed by atoms with E-state index in [9.17, 15) is 90.2 Å². The van der Waals surface area contributed by atoms with E-state index in [1.165, 1.54) is 60.8 Å². The van der Waals surface area contributed by atoms with Crippen molar-refractivity contribution in [2.75, 3.05) is 56.5 Å². The highest BCUT2D eigenvalue weighted by Crippen LogP contribution is 2.49. The van der Waals surface area contributed by atoms with Crippen molar-refractivity contribution >= 4 is 92.1 Å². The van der Waals surface area contributed by atoms with Gasteiger partial charge in [0.2, 0.25) is 23.4 Å². The standard InChI is InChI=1S/C70H80F2N8O19S4/c1-68(2)55-38-51(102(92,93)94)24-26-57(55)78(33-7-5-6-17-62(82)76-42-48(81)37-63(83)74-31-12-35-98-59-16-11-15-53-54(30-32-75-65(53)59)67(85)77-43-64(84)80-44-70(71,72)40-47(80)41-73)60(68)28-18-45-13-10-14-46(66(45)99-49-20-22-50(23-21-49)101(89,90)91)19-29-61-69(3,4)56-39-52(103(95,96)97)25-27-58(56)79(61)34-8-9-36-100(86,87)88/h11,15-16,18-30,32,38-39,47-48,81H,5-10,12-14,17,31,33-37,40,42-44H2,1-4H3,(H6-,74,76,77,82,83,85,86,87,88,89,90,91,92,93,94,95,96,97)/t47-,48?/m0/s1. The summed E-state index contributed by atoms with van der Waals surface area (Å²) in [5.41, 5.74) is 3.76. The van der Waals surface area contributed by atoms with Gasteiger partial charge >= 0.3 is 0 Å². The molecular formula is C70H80F2N8O19S4. The number of aromatic nitrogens is 1. The molecule has 9 rings (SSSR count). The smallest absolute Gasteiger partial charge is 0.294 e. The normalized spacial score (nSPS) is 18.3. The first kappa shape index (κ1) is 78.3. The van der Waals surface area contributed by atoms with Crippen LogP contribution in [0.15, 0.2) is 153 Å². The third-order valence-electron chi connectivity index (χ3n) is 18.3. The van der Waals surface area contributed by atoms with Gasteiger partial charge in [-0.1, -0.05) is 32.1 Å². The number of alkyl halides is 2. The molecule has 1 fully saturated rings. The van der Waals surface area contributed by atoms with Crippen LogP contribution < -0.4 is 30.3 Å². The number of pyridine rings is 1. The summed E-state index contributed by atoms with van der Waals surface area (Å²) in [6, 6.07) is 20.3. The van der Waals surface area contributed by atoms with E-state index in [-0.39, 0.29) is 83.8 Å². The van der Waals surface area contributed by atoms with Crippen LogP contribution in [-0.4, -0.2) is 170 Å². The number of hydrogen-bond donors (Lipinski definition) is 7. The maximum absolute atomic E-state index is 13.9. The number of rotatable bonds is 31. The number of ether oxygens (including phenoxy) is 2. The summed E-state index contributed by atoms with van der Waals surface area (Å²) >= 11 is 0. The van der Waals surface area contributed by atoms with Crippen LogP contribution in [-0.2, 0) is 65.7 Å². The second kappa shape index (κ2) is 32.0. The first-order valence-electron chi connectivity index (χ1n) is 33.1. The van der Waals surface area contributed by atoms with Crippen LogP contribution in [0.3, 0.4) is 0 Å². The quantitative estimate of drug-likeness (QED) is 0.0126. The first-order valence-corrected chi connectivity index (χ1v) is 39.0. The average molecular weight is 1500 g/mol. The number of carbonyl (C=O) groups excluding carboxylic acids is 4. The maximum atomic E-state index is 13.9. The monoisotopic (exact) mass is 1500 g/mol. The fourth-order valence-electron chi connectivity index (χ4n) is 13.1. The highest BCUT2D eigenvalue weighted by Gasteiger charge is 2.48. The third kappa shape index (κ3) is 19.5. The first-order chi connectivity index (χ1) is 48.4. The number of aliphatic hydroxyl groups excluding tert-OH is 1. The van der Waals surface area contributed by atoms with E-state index >= 15 is 0 Å². The Morgan fingerprint density at radius 3 is 2.17 bits per heavy atom. The van der Waals surface area contributed by atoms with Gasteiger partial charge < -0.3 is 44.9 Å². The summed E-state index contributed by atoms with van der Waals surface area (Å²) in [4.78, 5) is 57.7. The van der Waals surface area contributed by atoms with Crippen LogP contribution in [0.5, 0.6) is 11.5 Å². The minimum atomic E-state index is -4.64. The number of nitriles is 1. The van der Waals surface area contributed by atoms with Crippen molar-refractivity contribution in [3.63, 3.8) is 0 Å². The molecule has 7 N–H and O–H groups in total. The molecule has 1 saturated heterocycles. The molecule has 0 radical (unpaired) electrons. The van der Waals surface area contributed by atoms with Gasteiger partial charge in [-0.3, -0.25) is 37.8 Å². The van der Waals surface area contributed by atoms with Crippen molar-refractivity contribution < 1.29 is 99.0 Å². The Morgan fingerprint density at radius 1 is 0.786 bits per heavy atom. The van der Waals surface area contributed by atoms with Gasteiger partial charge in [0, 0.05) is 90.7 Å². The van der Waals surface area contributed by atoms with E-state index in [2.05, 4.69) is 20.9 Å². The zero-order valence-corrected chi connectivity index (χ0v) is 60.1. The Bertz CT molecular complexity index is 4820. The molecule has 33 heteroatoms. The predicted molar refractivity (Wildman–Crippen MR) is 373 cm³/mol. The number of unbranched alkanes of at least 4 members (excludes halogenated alkanes) is 3.